The number of rotatable bonds is 5. The molecular weight excluding hydrogens is 829 g/mol. The van der Waals surface area contributed by atoms with E-state index >= 15 is 0 Å². The third kappa shape index (κ3) is 9.37. The van der Waals surface area contributed by atoms with Crippen LogP contribution in [0.4, 0.5) is 0 Å². The minimum atomic E-state index is 0. The van der Waals surface area contributed by atoms with E-state index in [4.69, 9.17) is 0 Å². The molecule has 0 saturated heterocycles. The lowest BCUT2D eigenvalue weighted by Crippen LogP contribution is -2.32. The van der Waals surface area contributed by atoms with Gasteiger partial charge in [-0.1, -0.05) is 242 Å². The zero-order valence-electron chi connectivity index (χ0n) is 40.1. The van der Waals surface area contributed by atoms with E-state index in [1.165, 1.54) is 127 Å². The Morgan fingerprint density at radius 2 is 0.754 bits per heavy atom. The minimum absolute atomic E-state index is 0. The van der Waals surface area contributed by atoms with Gasteiger partial charge in [0.1, 0.15) is 0 Å². The van der Waals surface area contributed by atoms with E-state index < -0.39 is 0 Å². The summed E-state index contributed by atoms with van der Waals surface area (Å²) in [6.45, 7) is 14.5. The highest BCUT2D eigenvalue weighted by Gasteiger charge is 2.30. The summed E-state index contributed by atoms with van der Waals surface area (Å²) >= 11 is 0. The molecule has 10 aromatic carbocycles. The number of aryl methyl sites for hydroxylation is 3. The van der Waals surface area contributed by atoms with Crippen LogP contribution in [0.25, 0.3) is 112 Å². The molecule has 344 valence electrons. The fraction of sp³-hybridized carbons (Fsp3) is 0.159. The predicted octanol–water partition coefficient (Wildman–Crippen LogP) is 19.3. The third-order valence-corrected chi connectivity index (χ3v) is 13.2. The van der Waals surface area contributed by atoms with Crippen molar-refractivity contribution in [1.29, 1.82) is 0 Å². The molecule has 0 atom stereocenters. The second-order valence-corrected chi connectivity index (χ2v) is 17.2. The molecule has 0 saturated carbocycles. The molecule has 0 nitrogen and oxygen atoms in total. The summed E-state index contributed by atoms with van der Waals surface area (Å²) < 4.78 is 0. The summed E-state index contributed by atoms with van der Waals surface area (Å²) in [7, 11) is 0. The molecule has 10 aromatic rings. The molecule has 0 aliphatic heterocycles. The van der Waals surface area contributed by atoms with Gasteiger partial charge in [-0.25, -0.2) is 0 Å². The zero-order chi connectivity index (χ0) is 46.4. The number of hydrogen-bond donors (Lipinski definition) is 0. The van der Waals surface area contributed by atoms with E-state index in [-0.39, 0.29) is 14.9 Å². The molecule has 0 radical (unpaired) electrons. The van der Waals surface area contributed by atoms with Crippen LogP contribution in [-0.2, 0) is 0 Å². The van der Waals surface area contributed by atoms with Crippen LogP contribution in [0.3, 0.4) is 0 Å². The Hall–Kier alpha value is -7.54. The van der Waals surface area contributed by atoms with Crippen molar-refractivity contribution < 1.29 is 0 Å². The van der Waals surface area contributed by atoms with Crippen LogP contribution >= 0.6 is 0 Å². The molecule has 2 aliphatic carbocycles. The van der Waals surface area contributed by atoms with E-state index in [9.17, 15) is 0 Å². The van der Waals surface area contributed by atoms with Crippen molar-refractivity contribution in [2.75, 3.05) is 0 Å². The maximum Gasteiger partial charge on any atom is -0.000753 e. The molecule has 69 heavy (non-hydrogen) atoms. The average Bonchev–Trinajstić information content (AvgIpc) is 3.72. The molecule has 2 aliphatic rings. The summed E-state index contributed by atoms with van der Waals surface area (Å²) in [4.78, 5) is 0. The number of fused-ring (bicyclic) bond motifs is 5. The second-order valence-electron chi connectivity index (χ2n) is 17.2. The lowest BCUT2D eigenvalue weighted by atomic mass is 9.83. The Kier molecular flexibility index (Phi) is 15.8. The van der Waals surface area contributed by atoms with Crippen molar-refractivity contribution in [3.8, 4) is 77.9 Å². The smallest absolute Gasteiger partial charge is 0.000753 e. The molecule has 0 heterocycles. The summed E-state index contributed by atoms with van der Waals surface area (Å²) in [5.74, 6) is 0. The van der Waals surface area contributed by atoms with Gasteiger partial charge in [-0.2, -0.15) is 0 Å². The molecule has 0 amide bonds. The highest BCUT2D eigenvalue weighted by molar-refractivity contribution is 6.23. The van der Waals surface area contributed by atoms with Crippen molar-refractivity contribution in [2.45, 2.75) is 76.2 Å². The highest BCUT2D eigenvalue weighted by atomic mass is 14.3. The normalized spacial score (nSPS) is 11.3. The molecule has 0 fully saturated rings. The van der Waals surface area contributed by atoms with Crippen molar-refractivity contribution >= 4 is 33.7 Å². The van der Waals surface area contributed by atoms with E-state index in [1.54, 1.807) is 0 Å². The second kappa shape index (κ2) is 22.0. The van der Waals surface area contributed by atoms with Crippen LogP contribution in [0, 0.1) is 20.8 Å². The van der Waals surface area contributed by atoms with Gasteiger partial charge >= 0.3 is 0 Å². The zero-order valence-corrected chi connectivity index (χ0v) is 40.1. The molecule has 0 unspecified atom stereocenters. The van der Waals surface area contributed by atoms with E-state index in [2.05, 4.69) is 215 Å². The summed E-state index contributed by atoms with van der Waals surface area (Å²) in [5.41, 5.74) is 22.2. The van der Waals surface area contributed by atoms with Crippen molar-refractivity contribution in [3.63, 3.8) is 0 Å². The Labute approximate surface area is 413 Å². The SMILES string of the molecule is C.C.CC.CC.Cc1ccccc1.Cc1ccccc1-c1cc(-c2ccc3cc(-c4ccc5c6c(cccc46)-c4c-5c(-c5ccccc5)c5c(c4-c4ccccc4)=CCCC=5)ccc3c2)ccc1C. The van der Waals surface area contributed by atoms with Gasteiger partial charge in [0.15, 0.2) is 0 Å². The Balaban J connectivity index is 0.000000489. The van der Waals surface area contributed by atoms with Crippen LogP contribution in [0.2, 0.25) is 0 Å². The lowest BCUT2D eigenvalue weighted by molar-refractivity contribution is 1.12. The Morgan fingerprint density at radius 1 is 0.304 bits per heavy atom. The van der Waals surface area contributed by atoms with E-state index in [1.807, 2.05) is 45.9 Å². The lowest BCUT2D eigenvalue weighted by Gasteiger charge is -2.20. The van der Waals surface area contributed by atoms with Crippen LogP contribution in [0.1, 0.15) is 72.1 Å². The van der Waals surface area contributed by atoms with Gasteiger partial charge in [-0.15, -0.1) is 0 Å². The molecule has 0 spiro atoms. The molecular formula is C69H68. The van der Waals surface area contributed by atoms with E-state index in [0.717, 1.165) is 12.8 Å². The fourth-order valence-corrected chi connectivity index (χ4v) is 10.2. The van der Waals surface area contributed by atoms with Crippen molar-refractivity contribution in [3.05, 3.63) is 227 Å². The third-order valence-electron chi connectivity index (χ3n) is 13.2. The van der Waals surface area contributed by atoms with Crippen LogP contribution in [0.5, 0.6) is 0 Å². The van der Waals surface area contributed by atoms with Gasteiger partial charge in [0.25, 0.3) is 0 Å². The molecule has 12 rings (SSSR count). The maximum absolute atomic E-state index is 2.49. The van der Waals surface area contributed by atoms with Crippen molar-refractivity contribution in [2.24, 2.45) is 0 Å². The van der Waals surface area contributed by atoms with Crippen LogP contribution < -0.4 is 10.4 Å². The summed E-state index contributed by atoms with van der Waals surface area (Å²) in [5, 5.41) is 7.91. The predicted molar refractivity (Wildman–Crippen MR) is 307 cm³/mol. The Bertz CT molecular complexity index is 3410. The monoisotopic (exact) mass is 897 g/mol. The van der Waals surface area contributed by atoms with Crippen LogP contribution in [-0.4, -0.2) is 0 Å². The fourth-order valence-electron chi connectivity index (χ4n) is 10.2. The Morgan fingerprint density at radius 3 is 1.32 bits per heavy atom. The summed E-state index contributed by atoms with van der Waals surface area (Å²) in [6, 6.07) is 73.6. The minimum Gasteiger partial charge on any atom is -0.0776 e. The molecule has 0 N–H and O–H groups in total. The van der Waals surface area contributed by atoms with Gasteiger partial charge in [-0.3, -0.25) is 0 Å². The molecule has 0 aromatic heterocycles. The molecule has 0 bridgehead atoms. The maximum atomic E-state index is 2.49. The van der Waals surface area contributed by atoms with Crippen LogP contribution in [0.15, 0.2) is 200 Å². The van der Waals surface area contributed by atoms with E-state index in [0.29, 0.717) is 0 Å². The van der Waals surface area contributed by atoms with Gasteiger partial charge in [-0.05, 0) is 173 Å². The number of hydrogen-bond acceptors (Lipinski definition) is 0. The average molecular weight is 897 g/mol. The van der Waals surface area contributed by atoms with Gasteiger partial charge < -0.3 is 0 Å². The van der Waals surface area contributed by atoms with Gasteiger partial charge in [0.2, 0.25) is 0 Å². The highest BCUT2D eigenvalue weighted by Crippen LogP contribution is 2.54. The number of benzene rings is 10. The van der Waals surface area contributed by atoms with Gasteiger partial charge in [0.05, 0.1) is 0 Å². The summed E-state index contributed by atoms with van der Waals surface area (Å²) in [6.07, 6.45) is 7.09. The molecule has 0 heteroatoms. The first kappa shape index (κ1) is 49.4. The first-order chi connectivity index (χ1) is 33.0. The first-order valence-electron chi connectivity index (χ1n) is 24.3. The largest absolute Gasteiger partial charge is 0.0776 e. The topological polar surface area (TPSA) is 0 Å². The first-order valence-corrected chi connectivity index (χ1v) is 24.3. The van der Waals surface area contributed by atoms with Crippen molar-refractivity contribution in [1.82, 2.24) is 0 Å². The standard InChI is InChI=1S/C56H40.C7H8.2C2H6.2CH4/c1-35-14-9-10-19-44(35)51-34-42(25-24-36(51)2)40-26-27-41-33-43(29-28-39(41)32-40)45-30-31-50-54-46(45)22-13-23-49(54)55-52(37-15-5-3-6-16-37)47-20-11-12-21-48(47)53(56(50)55)38-17-7-4-8-18-38;1-7-5-3-2-4-6-7;2*1-2;;/h3-10,13-34H,11-12H2,1-2H3;2-6H,1H3;2*1-2H3;2*1H4. The van der Waals surface area contributed by atoms with Gasteiger partial charge in [0, 0.05) is 0 Å². The quantitative estimate of drug-likeness (QED) is 0.161.